The molecule has 1 aliphatic heterocycles. The van der Waals surface area contributed by atoms with Crippen molar-refractivity contribution in [2.75, 3.05) is 26.8 Å². The van der Waals surface area contributed by atoms with Crippen LogP contribution < -0.4 is 5.73 Å². The lowest BCUT2D eigenvalue weighted by Gasteiger charge is -2.44. The smallest absolute Gasteiger partial charge is 0.225 e. The Balaban J connectivity index is 1.64. The average Bonchev–Trinajstić information content (AvgIpc) is 3.33. The second kappa shape index (κ2) is 11.9. The van der Waals surface area contributed by atoms with Crippen molar-refractivity contribution < 1.29 is 14.6 Å². The number of unbranched alkanes of at least 4 members (excludes halogenated alkanes) is 1. The molecule has 35 heavy (non-hydrogen) atoms. The van der Waals surface area contributed by atoms with E-state index in [0.717, 1.165) is 68.2 Å². The van der Waals surface area contributed by atoms with Crippen LogP contribution in [0.5, 0.6) is 0 Å². The van der Waals surface area contributed by atoms with E-state index in [9.17, 15) is 9.90 Å². The first-order valence-electron chi connectivity index (χ1n) is 13.0. The number of piperidine rings is 1. The van der Waals surface area contributed by atoms with E-state index in [0.29, 0.717) is 24.6 Å². The Morgan fingerprint density at radius 2 is 1.91 bits per heavy atom. The molecule has 2 aromatic rings. The molecule has 2 aliphatic rings. The van der Waals surface area contributed by atoms with Gasteiger partial charge in [0.2, 0.25) is 5.91 Å². The predicted octanol–water partition coefficient (Wildman–Crippen LogP) is 5.38. The molecular weight excluding hydrogens is 460 g/mol. The van der Waals surface area contributed by atoms with Crippen LogP contribution in [0.2, 0.25) is 5.02 Å². The minimum absolute atomic E-state index is 0.0277. The fourth-order valence-electron chi connectivity index (χ4n) is 6.01. The van der Waals surface area contributed by atoms with E-state index in [4.69, 9.17) is 22.1 Å². The van der Waals surface area contributed by atoms with Crippen molar-refractivity contribution in [1.29, 1.82) is 0 Å². The standard InChI is InChI=1S/C29H39ClN2O3/c1-35-18-5-4-16-29(34,27-9-3-2-8-26(27)21-10-13-24(30)14-11-21)23-7-6-17-32(20-23)28(33)22-12-15-25(31)19-22/h2-3,8-11,13-14,22-23,25,34H,4-7,12,15-20,31H2,1H3/t22-,23?,25+,29+/m1/s1. The Morgan fingerprint density at radius 1 is 1.14 bits per heavy atom. The summed E-state index contributed by atoms with van der Waals surface area (Å²) in [7, 11) is 1.71. The Morgan fingerprint density at radius 3 is 2.63 bits per heavy atom. The first kappa shape index (κ1) is 26.2. The quantitative estimate of drug-likeness (QED) is 0.455. The highest BCUT2D eigenvalue weighted by Gasteiger charge is 2.43. The fraction of sp³-hybridized carbons (Fsp3) is 0.552. The van der Waals surface area contributed by atoms with Gasteiger partial charge in [-0.25, -0.2) is 0 Å². The minimum Gasteiger partial charge on any atom is -0.385 e. The molecule has 2 fully saturated rings. The number of aliphatic hydroxyl groups is 1. The maximum Gasteiger partial charge on any atom is 0.225 e. The third-order valence-corrected chi connectivity index (χ3v) is 8.19. The zero-order valence-corrected chi connectivity index (χ0v) is 21.6. The number of hydrogen-bond acceptors (Lipinski definition) is 4. The molecule has 1 aliphatic carbocycles. The van der Waals surface area contributed by atoms with E-state index in [-0.39, 0.29) is 23.8 Å². The third-order valence-electron chi connectivity index (χ3n) is 7.94. The summed E-state index contributed by atoms with van der Waals surface area (Å²) in [6.45, 7) is 2.02. The van der Waals surface area contributed by atoms with E-state index in [1.807, 2.05) is 41.3 Å². The lowest BCUT2D eigenvalue weighted by Crippen LogP contribution is -2.49. The van der Waals surface area contributed by atoms with E-state index in [1.165, 1.54) is 0 Å². The van der Waals surface area contributed by atoms with Crippen LogP contribution in [0.15, 0.2) is 48.5 Å². The summed E-state index contributed by atoms with van der Waals surface area (Å²) in [4.78, 5) is 15.3. The van der Waals surface area contributed by atoms with E-state index in [2.05, 4.69) is 12.1 Å². The SMILES string of the molecule is COCCCC[C@@](O)(c1ccccc1-c1ccc(Cl)cc1)C1CCCN(C(=O)[C@@H]2CC[C@H](N)C2)C1. The predicted molar refractivity (Wildman–Crippen MR) is 141 cm³/mol. The fourth-order valence-corrected chi connectivity index (χ4v) is 6.13. The lowest BCUT2D eigenvalue weighted by atomic mass is 9.72. The highest BCUT2D eigenvalue weighted by molar-refractivity contribution is 6.30. The number of likely N-dealkylation sites (tertiary alicyclic amines) is 1. The largest absolute Gasteiger partial charge is 0.385 e. The number of rotatable bonds is 9. The van der Waals surface area contributed by atoms with Crippen molar-refractivity contribution in [1.82, 2.24) is 4.90 Å². The number of nitrogens with zero attached hydrogens (tertiary/aromatic N) is 1. The summed E-state index contributed by atoms with van der Waals surface area (Å²) in [5.74, 6) is 0.210. The molecule has 2 aromatic carbocycles. The van der Waals surface area contributed by atoms with Gasteiger partial charge in [-0.1, -0.05) is 48.0 Å². The van der Waals surface area contributed by atoms with Crippen LogP contribution in [-0.2, 0) is 15.1 Å². The molecule has 5 nitrogen and oxygen atoms in total. The lowest BCUT2D eigenvalue weighted by molar-refractivity contribution is -0.140. The Hall–Kier alpha value is -1.92. The molecule has 1 unspecified atom stereocenters. The van der Waals surface area contributed by atoms with Gasteiger partial charge < -0.3 is 20.5 Å². The van der Waals surface area contributed by atoms with Crippen molar-refractivity contribution in [3.05, 3.63) is 59.1 Å². The highest BCUT2D eigenvalue weighted by atomic mass is 35.5. The number of carbonyl (C=O) groups excluding carboxylic acids is 1. The summed E-state index contributed by atoms with van der Waals surface area (Å²) in [6, 6.07) is 16.1. The van der Waals surface area contributed by atoms with Crippen LogP contribution in [0.25, 0.3) is 11.1 Å². The highest BCUT2D eigenvalue weighted by Crippen LogP contribution is 2.44. The van der Waals surface area contributed by atoms with Gasteiger partial charge in [0.05, 0.1) is 5.60 Å². The number of amides is 1. The molecule has 190 valence electrons. The molecular formula is C29H39ClN2O3. The maximum absolute atomic E-state index is 13.3. The van der Waals surface area contributed by atoms with Gasteiger partial charge in [0, 0.05) is 49.7 Å². The second-order valence-electron chi connectivity index (χ2n) is 10.3. The Kier molecular flexibility index (Phi) is 8.87. The van der Waals surface area contributed by atoms with Gasteiger partial charge in [-0.2, -0.15) is 0 Å². The molecule has 1 heterocycles. The number of halogens is 1. The molecule has 3 N–H and O–H groups in total. The van der Waals surface area contributed by atoms with Gasteiger partial charge in [0.15, 0.2) is 0 Å². The molecule has 0 radical (unpaired) electrons. The van der Waals surface area contributed by atoms with Crippen LogP contribution in [-0.4, -0.2) is 48.8 Å². The van der Waals surface area contributed by atoms with Gasteiger partial charge in [0.25, 0.3) is 0 Å². The van der Waals surface area contributed by atoms with Crippen LogP contribution >= 0.6 is 11.6 Å². The van der Waals surface area contributed by atoms with Crippen molar-refractivity contribution in [3.63, 3.8) is 0 Å². The van der Waals surface area contributed by atoms with E-state index in [1.54, 1.807) is 7.11 Å². The van der Waals surface area contributed by atoms with E-state index >= 15 is 0 Å². The number of carbonyl (C=O) groups is 1. The zero-order chi connectivity index (χ0) is 24.8. The number of benzene rings is 2. The third kappa shape index (κ3) is 6.08. The molecule has 0 spiro atoms. The Labute approximate surface area is 214 Å². The molecule has 4 atom stereocenters. The molecule has 1 saturated carbocycles. The topological polar surface area (TPSA) is 75.8 Å². The van der Waals surface area contributed by atoms with Crippen LogP contribution in [0.3, 0.4) is 0 Å². The summed E-state index contributed by atoms with van der Waals surface area (Å²) < 4.78 is 5.27. The second-order valence-corrected chi connectivity index (χ2v) is 10.8. The van der Waals surface area contributed by atoms with Crippen LogP contribution in [0.4, 0.5) is 0 Å². The van der Waals surface area contributed by atoms with Gasteiger partial charge >= 0.3 is 0 Å². The zero-order valence-electron chi connectivity index (χ0n) is 20.8. The average molecular weight is 499 g/mol. The normalized spacial score (nSPS) is 24.3. The van der Waals surface area contributed by atoms with Gasteiger partial charge in [0.1, 0.15) is 0 Å². The van der Waals surface area contributed by atoms with Crippen molar-refractivity contribution in [3.8, 4) is 11.1 Å². The summed E-state index contributed by atoms with van der Waals surface area (Å²) in [5, 5.41) is 13.2. The first-order valence-corrected chi connectivity index (χ1v) is 13.4. The molecule has 6 heteroatoms. The Bertz CT molecular complexity index is 982. The van der Waals surface area contributed by atoms with Gasteiger partial charge in [-0.15, -0.1) is 0 Å². The van der Waals surface area contributed by atoms with Gasteiger partial charge in [-0.3, -0.25) is 4.79 Å². The summed E-state index contributed by atoms with van der Waals surface area (Å²) >= 11 is 6.15. The molecule has 4 rings (SSSR count). The van der Waals surface area contributed by atoms with Crippen LogP contribution in [0, 0.1) is 11.8 Å². The molecule has 1 amide bonds. The number of ether oxygens (including phenoxy) is 1. The minimum atomic E-state index is -1.05. The summed E-state index contributed by atoms with van der Waals surface area (Å²) in [6.07, 6.45) is 6.73. The van der Waals surface area contributed by atoms with Crippen molar-refractivity contribution in [2.45, 2.75) is 63.0 Å². The number of hydrogen-bond donors (Lipinski definition) is 2. The monoisotopic (exact) mass is 498 g/mol. The number of methoxy groups -OCH3 is 1. The van der Waals surface area contributed by atoms with Crippen molar-refractivity contribution in [2.24, 2.45) is 17.6 Å². The molecule has 1 saturated heterocycles. The van der Waals surface area contributed by atoms with E-state index < -0.39 is 5.60 Å². The van der Waals surface area contributed by atoms with Crippen LogP contribution in [0.1, 0.15) is 56.9 Å². The summed E-state index contributed by atoms with van der Waals surface area (Å²) in [5.41, 5.74) is 8.03. The molecule has 0 bridgehead atoms. The van der Waals surface area contributed by atoms with Crippen molar-refractivity contribution >= 4 is 17.5 Å². The maximum atomic E-state index is 13.3. The molecule has 0 aromatic heterocycles. The number of nitrogens with two attached hydrogens (primary N) is 1. The van der Waals surface area contributed by atoms with Gasteiger partial charge in [-0.05, 0) is 80.2 Å². The first-order chi connectivity index (χ1) is 16.9.